The maximum absolute atomic E-state index is 12.7. The third-order valence-corrected chi connectivity index (χ3v) is 3.15. The molecule has 0 saturated heterocycles. The summed E-state index contributed by atoms with van der Waals surface area (Å²) in [6, 6.07) is 2.48. The molecule has 0 spiro atoms. The Morgan fingerprint density at radius 2 is 2.05 bits per heavy atom. The molecule has 0 aliphatic heterocycles. The molecule has 20 heavy (non-hydrogen) atoms. The third kappa shape index (κ3) is 2.92. The predicted octanol–water partition coefficient (Wildman–Crippen LogP) is 2.45. The van der Waals surface area contributed by atoms with Crippen LogP contribution in [0.3, 0.4) is 0 Å². The number of nitrogens with zero attached hydrogens (tertiary/aromatic N) is 1. The fourth-order valence-electron chi connectivity index (χ4n) is 2.06. The van der Waals surface area contributed by atoms with E-state index in [-0.39, 0.29) is 11.6 Å². The van der Waals surface area contributed by atoms with E-state index in [1.807, 2.05) is 0 Å². The predicted molar refractivity (Wildman–Crippen MR) is 62.7 cm³/mol. The molecular weight excluding hydrogens is 275 g/mol. The minimum absolute atomic E-state index is 0.0497. The van der Waals surface area contributed by atoms with Crippen LogP contribution in [0.25, 0.3) is 0 Å². The van der Waals surface area contributed by atoms with Crippen LogP contribution >= 0.6 is 0 Å². The van der Waals surface area contributed by atoms with Crippen molar-refractivity contribution in [3.63, 3.8) is 0 Å². The average molecular weight is 287 g/mol. The molecule has 1 fully saturated rings. The van der Waals surface area contributed by atoms with E-state index in [0.717, 1.165) is 23.1 Å². The van der Waals surface area contributed by atoms with Crippen LogP contribution in [-0.4, -0.2) is 28.4 Å². The quantitative estimate of drug-likeness (QED) is 0.846. The molecule has 0 aromatic heterocycles. The summed E-state index contributed by atoms with van der Waals surface area (Å²) < 4.78 is 38.0. The van der Waals surface area contributed by atoms with Crippen LogP contribution < -0.4 is 0 Å². The Morgan fingerprint density at radius 1 is 1.40 bits per heavy atom. The molecule has 0 bridgehead atoms. The van der Waals surface area contributed by atoms with Crippen LogP contribution in [0.5, 0.6) is 0 Å². The highest BCUT2D eigenvalue weighted by molar-refractivity contribution is 5.78. The van der Waals surface area contributed by atoms with Crippen molar-refractivity contribution in [2.24, 2.45) is 0 Å². The van der Waals surface area contributed by atoms with Gasteiger partial charge in [-0.2, -0.15) is 13.2 Å². The Hall–Kier alpha value is -2.05. The molecule has 1 atom stereocenters. The van der Waals surface area contributed by atoms with Crippen LogP contribution in [0.4, 0.5) is 13.2 Å². The molecule has 1 aromatic carbocycles. The Kier molecular flexibility index (Phi) is 3.69. The van der Waals surface area contributed by atoms with Gasteiger partial charge in [0.2, 0.25) is 6.41 Å². The maximum Gasteiger partial charge on any atom is 0.416 e. The van der Waals surface area contributed by atoms with Gasteiger partial charge in [-0.15, -0.1) is 0 Å². The summed E-state index contributed by atoms with van der Waals surface area (Å²) in [7, 11) is 0. The number of benzene rings is 1. The highest BCUT2D eigenvalue weighted by atomic mass is 19.4. The molecule has 7 heteroatoms. The zero-order valence-corrected chi connectivity index (χ0v) is 10.3. The molecule has 1 aliphatic carbocycles. The number of carbonyl (C=O) groups excluding carboxylic acids is 1. The first kappa shape index (κ1) is 14.4. The summed E-state index contributed by atoms with van der Waals surface area (Å²) in [5.41, 5.74) is -0.978. The van der Waals surface area contributed by atoms with Gasteiger partial charge in [0.25, 0.3) is 0 Å². The van der Waals surface area contributed by atoms with Gasteiger partial charge in [0.15, 0.2) is 6.04 Å². The highest BCUT2D eigenvalue weighted by Crippen LogP contribution is 2.36. The fraction of sp³-hybridized carbons (Fsp3) is 0.385. The lowest BCUT2D eigenvalue weighted by Crippen LogP contribution is -2.35. The number of carboxylic acid groups (broad SMARTS) is 1. The van der Waals surface area contributed by atoms with Gasteiger partial charge in [0, 0.05) is 6.04 Å². The minimum atomic E-state index is -4.55. The Labute approximate surface area is 112 Å². The summed E-state index contributed by atoms with van der Waals surface area (Å²) >= 11 is 0. The van der Waals surface area contributed by atoms with Crippen molar-refractivity contribution in [2.75, 3.05) is 0 Å². The molecule has 4 nitrogen and oxygen atoms in total. The van der Waals surface area contributed by atoms with Gasteiger partial charge in [0.05, 0.1) is 5.56 Å². The smallest absolute Gasteiger partial charge is 0.416 e. The van der Waals surface area contributed by atoms with Crippen LogP contribution in [-0.2, 0) is 15.8 Å². The summed E-state index contributed by atoms with van der Waals surface area (Å²) in [6.45, 7) is 0. The summed E-state index contributed by atoms with van der Waals surface area (Å²) in [4.78, 5) is 23.4. The lowest BCUT2D eigenvalue weighted by Gasteiger charge is -2.25. The number of carbonyl (C=O) groups is 2. The Balaban J connectivity index is 2.39. The average Bonchev–Trinajstić information content (AvgIpc) is 3.18. The number of alkyl halides is 3. The van der Waals surface area contributed by atoms with Crippen molar-refractivity contribution in [3.05, 3.63) is 35.4 Å². The number of hydrogen-bond donors (Lipinski definition) is 1. The lowest BCUT2D eigenvalue weighted by molar-refractivity contribution is -0.147. The van der Waals surface area contributed by atoms with E-state index in [2.05, 4.69) is 0 Å². The topological polar surface area (TPSA) is 57.6 Å². The molecule has 1 saturated carbocycles. The Morgan fingerprint density at radius 3 is 2.50 bits per heavy atom. The van der Waals surface area contributed by atoms with Crippen molar-refractivity contribution in [3.8, 4) is 0 Å². The normalized spacial score (nSPS) is 16.6. The first-order valence-electron chi connectivity index (χ1n) is 5.97. The molecular formula is C13H12F3NO3. The molecule has 1 aromatic rings. The standard InChI is InChI=1S/C13H12F3NO3/c14-13(15,16)9-3-1-2-8(6-9)11(12(19)20)17(7-18)10-4-5-10/h1-3,6-7,10-11H,4-5H2,(H,19,20). The number of rotatable bonds is 5. The van der Waals surface area contributed by atoms with Crippen molar-refractivity contribution in [1.29, 1.82) is 0 Å². The largest absolute Gasteiger partial charge is 0.479 e. The summed E-state index contributed by atoms with van der Waals surface area (Å²) in [5, 5.41) is 9.22. The molecule has 1 amide bonds. The molecule has 2 rings (SSSR count). The van der Waals surface area contributed by atoms with Crippen LogP contribution in [0.2, 0.25) is 0 Å². The number of aliphatic carboxylic acids is 1. The van der Waals surface area contributed by atoms with Gasteiger partial charge in [0.1, 0.15) is 0 Å². The summed E-state index contributed by atoms with van der Waals surface area (Å²) in [5.74, 6) is -1.34. The molecule has 0 radical (unpaired) electrons. The van der Waals surface area contributed by atoms with Crippen LogP contribution in [0, 0.1) is 0 Å². The second-order valence-electron chi connectivity index (χ2n) is 4.65. The van der Waals surface area contributed by atoms with Gasteiger partial charge < -0.3 is 10.0 Å². The number of halogens is 3. The van der Waals surface area contributed by atoms with Gasteiger partial charge in [-0.05, 0) is 30.5 Å². The zero-order valence-electron chi connectivity index (χ0n) is 10.3. The van der Waals surface area contributed by atoms with Crippen molar-refractivity contribution in [2.45, 2.75) is 31.1 Å². The molecule has 108 valence electrons. The van der Waals surface area contributed by atoms with E-state index < -0.39 is 23.8 Å². The van der Waals surface area contributed by atoms with Gasteiger partial charge in [-0.3, -0.25) is 4.79 Å². The highest BCUT2D eigenvalue weighted by Gasteiger charge is 2.38. The second-order valence-corrected chi connectivity index (χ2v) is 4.65. The van der Waals surface area contributed by atoms with E-state index in [1.165, 1.54) is 6.07 Å². The van der Waals surface area contributed by atoms with Crippen LogP contribution in [0.15, 0.2) is 24.3 Å². The zero-order chi connectivity index (χ0) is 14.9. The second kappa shape index (κ2) is 5.15. The van der Waals surface area contributed by atoms with Gasteiger partial charge in [-0.1, -0.05) is 12.1 Å². The minimum Gasteiger partial charge on any atom is -0.479 e. The molecule has 1 unspecified atom stereocenters. The van der Waals surface area contributed by atoms with Gasteiger partial charge in [-0.25, -0.2) is 4.79 Å². The Bertz CT molecular complexity index is 526. The SMILES string of the molecule is O=CN(C1CC1)C(C(=O)O)c1cccc(C(F)(F)F)c1. The third-order valence-electron chi connectivity index (χ3n) is 3.15. The van der Waals surface area contributed by atoms with E-state index >= 15 is 0 Å². The number of hydrogen-bond acceptors (Lipinski definition) is 2. The van der Waals surface area contributed by atoms with Crippen molar-refractivity contribution < 1.29 is 27.9 Å². The number of carboxylic acids is 1. The lowest BCUT2D eigenvalue weighted by atomic mass is 10.0. The molecule has 1 aliphatic rings. The monoisotopic (exact) mass is 287 g/mol. The van der Waals surface area contributed by atoms with E-state index in [4.69, 9.17) is 0 Å². The first-order chi connectivity index (χ1) is 9.34. The van der Waals surface area contributed by atoms with E-state index in [1.54, 1.807) is 0 Å². The number of amides is 1. The fourth-order valence-corrected chi connectivity index (χ4v) is 2.06. The van der Waals surface area contributed by atoms with E-state index in [9.17, 15) is 27.9 Å². The first-order valence-corrected chi connectivity index (χ1v) is 5.97. The molecule has 1 N–H and O–H groups in total. The molecule has 0 heterocycles. The van der Waals surface area contributed by atoms with Gasteiger partial charge >= 0.3 is 12.1 Å². The van der Waals surface area contributed by atoms with Crippen LogP contribution in [0.1, 0.15) is 30.0 Å². The van der Waals surface area contributed by atoms with Crippen molar-refractivity contribution >= 4 is 12.4 Å². The van der Waals surface area contributed by atoms with E-state index in [0.29, 0.717) is 19.3 Å². The van der Waals surface area contributed by atoms with Crippen molar-refractivity contribution in [1.82, 2.24) is 4.90 Å². The maximum atomic E-state index is 12.7. The summed E-state index contributed by atoms with van der Waals surface area (Å²) in [6.07, 6.45) is -2.83.